The second kappa shape index (κ2) is 6.99. The summed E-state index contributed by atoms with van der Waals surface area (Å²) in [6.45, 7) is 0. The minimum absolute atomic E-state index is 0.0424. The molecule has 1 fully saturated rings. The molecule has 0 heterocycles. The molecule has 1 aromatic carbocycles. The molecular weight excluding hydrogens is 272 g/mol. The highest BCUT2D eigenvalue weighted by Gasteiger charge is 2.23. The van der Waals surface area contributed by atoms with Crippen LogP contribution in [-0.4, -0.2) is 28.1 Å². The van der Waals surface area contributed by atoms with E-state index in [1.54, 1.807) is 18.2 Å². The van der Waals surface area contributed by atoms with Gasteiger partial charge in [-0.3, -0.25) is 14.9 Å². The molecule has 6 nitrogen and oxygen atoms in total. The zero-order valence-corrected chi connectivity index (χ0v) is 11.6. The first kappa shape index (κ1) is 15.2. The van der Waals surface area contributed by atoms with Gasteiger partial charge in [0.05, 0.1) is 22.6 Å². The number of nitro groups is 1. The van der Waals surface area contributed by atoms with Crippen LogP contribution in [0, 0.1) is 10.1 Å². The Bertz CT molecular complexity index is 556. The van der Waals surface area contributed by atoms with Gasteiger partial charge in [0.25, 0.3) is 5.69 Å². The number of carbonyl (C=O) groups excluding carboxylic acids is 1. The Balaban J connectivity index is 2.00. The van der Waals surface area contributed by atoms with E-state index in [0.29, 0.717) is 12.0 Å². The number of hydrogen-bond donors (Lipinski definition) is 2. The maximum Gasteiger partial charge on any atom is 0.276 e. The predicted octanol–water partition coefficient (Wildman–Crippen LogP) is 2.03. The molecule has 21 heavy (non-hydrogen) atoms. The lowest BCUT2D eigenvalue weighted by molar-refractivity contribution is -0.385. The first-order valence-corrected chi connectivity index (χ1v) is 6.98. The van der Waals surface area contributed by atoms with E-state index in [1.807, 2.05) is 0 Å². The van der Waals surface area contributed by atoms with Crippen LogP contribution in [0.5, 0.6) is 0 Å². The standard InChI is InChI=1S/C15H18N2O4/c18-14-8-4-2-6-12(14)16-15(19)10-9-11-5-1-3-7-13(11)17(20)21/h1,3,5,7,9-10,12,14,18H,2,4,6,8H2,(H,16,19)/b10-9+/t12-,14-/m1/s1. The van der Waals surface area contributed by atoms with E-state index < -0.39 is 11.0 Å². The molecule has 6 heteroatoms. The van der Waals surface area contributed by atoms with Crippen molar-refractivity contribution in [3.63, 3.8) is 0 Å². The molecule has 1 saturated carbocycles. The lowest BCUT2D eigenvalue weighted by Crippen LogP contribution is -2.44. The summed E-state index contributed by atoms with van der Waals surface area (Å²) >= 11 is 0. The Kier molecular flexibility index (Phi) is 5.05. The monoisotopic (exact) mass is 290 g/mol. The van der Waals surface area contributed by atoms with E-state index >= 15 is 0 Å². The molecule has 2 N–H and O–H groups in total. The molecule has 0 radical (unpaired) electrons. The van der Waals surface area contributed by atoms with Crippen molar-refractivity contribution < 1.29 is 14.8 Å². The fourth-order valence-corrected chi connectivity index (χ4v) is 2.47. The van der Waals surface area contributed by atoms with Crippen molar-refractivity contribution in [1.82, 2.24) is 5.32 Å². The average Bonchev–Trinajstić information content (AvgIpc) is 2.48. The molecule has 0 bridgehead atoms. The molecule has 0 spiro atoms. The molecule has 0 aromatic heterocycles. The van der Waals surface area contributed by atoms with Gasteiger partial charge in [0.2, 0.25) is 5.91 Å². The van der Waals surface area contributed by atoms with Crippen molar-refractivity contribution in [3.05, 3.63) is 46.0 Å². The van der Waals surface area contributed by atoms with Crippen molar-refractivity contribution in [2.45, 2.75) is 37.8 Å². The molecule has 1 aliphatic carbocycles. The van der Waals surface area contributed by atoms with Gasteiger partial charge in [-0.1, -0.05) is 25.0 Å². The SMILES string of the molecule is O=C(/C=C/c1ccccc1[N+](=O)[O-])N[C@@H]1CCCC[C@H]1O. The second-order valence-corrected chi connectivity index (χ2v) is 5.12. The van der Waals surface area contributed by atoms with Crippen LogP contribution in [0.3, 0.4) is 0 Å². The molecule has 0 unspecified atom stereocenters. The summed E-state index contributed by atoms with van der Waals surface area (Å²) in [5.41, 5.74) is 0.334. The third kappa shape index (κ3) is 4.13. The highest BCUT2D eigenvalue weighted by molar-refractivity contribution is 5.92. The number of rotatable bonds is 4. The maximum absolute atomic E-state index is 11.8. The first-order chi connectivity index (χ1) is 10.1. The van der Waals surface area contributed by atoms with Crippen molar-refractivity contribution in [3.8, 4) is 0 Å². The predicted molar refractivity (Wildman–Crippen MR) is 78.5 cm³/mol. The van der Waals surface area contributed by atoms with E-state index in [0.717, 1.165) is 19.3 Å². The Morgan fingerprint density at radius 1 is 1.33 bits per heavy atom. The van der Waals surface area contributed by atoms with E-state index in [1.165, 1.54) is 18.2 Å². The normalized spacial score (nSPS) is 22.1. The molecule has 1 aliphatic rings. The lowest BCUT2D eigenvalue weighted by atomic mass is 9.92. The van der Waals surface area contributed by atoms with Crippen LogP contribution >= 0.6 is 0 Å². The molecule has 0 saturated heterocycles. The van der Waals surface area contributed by atoms with Gasteiger partial charge in [0.15, 0.2) is 0 Å². The Morgan fingerprint density at radius 3 is 2.76 bits per heavy atom. The highest BCUT2D eigenvalue weighted by atomic mass is 16.6. The zero-order valence-electron chi connectivity index (χ0n) is 11.6. The number of hydrogen-bond acceptors (Lipinski definition) is 4. The largest absolute Gasteiger partial charge is 0.391 e. The summed E-state index contributed by atoms with van der Waals surface area (Å²) in [6.07, 6.45) is 5.58. The van der Waals surface area contributed by atoms with Gasteiger partial charge in [-0.05, 0) is 25.0 Å². The van der Waals surface area contributed by atoms with Gasteiger partial charge in [-0.15, -0.1) is 0 Å². The number of nitrogens with zero attached hydrogens (tertiary/aromatic N) is 1. The number of aliphatic hydroxyl groups is 1. The first-order valence-electron chi connectivity index (χ1n) is 6.98. The summed E-state index contributed by atoms with van der Waals surface area (Å²) in [4.78, 5) is 22.2. The van der Waals surface area contributed by atoms with Crippen molar-refractivity contribution in [1.29, 1.82) is 0 Å². The van der Waals surface area contributed by atoms with Crippen LogP contribution in [0.4, 0.5) is 5.69 Å². The zero-order chi connectivity index (χ0) is 15.2. The van der Waals surface area contributed by atoms with Crippen LogP contribution in [0.2, 0.25) is 0 Å². The summed E-state index contributed by atoms with van der Waals surface area (Å²) in [5.74, 6) is -0.348. The van der Waals surface area contributed by atoms with E-state index in [-0.39, 0.29) is 17.6 Å². The third-order valence-electron chi connectivity index (χ3n) is 3.60. The van der Waals surface area contributed by atoms with E-state index in [4.69, 9.17) is 0 Å². The number of nitrogens with one attached hydrogen (secondary N) is 1. The van der Waals surface area contributed by atoms with E-state index in [2.05, 4.69) is 5.32 Å². The van der Waals surface area contributed by atoms with Gasteiger partial charge in [0.1, 0.15) is 0 Å². The van der Waals surface area contributed by atoms with Gasteiger partial charge in [0, 0.05) is 12.1 Å². The number of para-hydroxylation sites is 1. The van der Waals surface area contributed by atoms with Gasteiger partial charge < -0.3 is 10.4 Å². The van der Waals surface area contributed by atoms with E-state index in [9.17, 15) is 20.0 Å². The number of carbonyl (C=O) groups is 1. The molecule has 1 amide bonds. The molecule has 112 valence electrons. The second-order valence-electron chi connectivity index (χ2n) is 5.12. The lowest BCUT2D eigenvalue weighted by Gasteiger charge is -2.27. The van der Waals surface area contributed by atoms with Gasteiger partial charge in [-0.2, -0.15) is 0 Å². The van der Waals surface area contributed by atoms with Crippen LogP contribution in [0.1, 0.15) is 31.2 Å². The Hall–Kier alpha value is -2.21. The molecule has 0 aliphatic heterocycles. The minimum Gasteiger partial charge on any atom is -0.391 e. The number of amides is 1. The molecule has 2 rings (SSSR count). The Morgan fingerprint density at radius 2 is 2.05 bits per heavy atom. The third-order valence-corrected chi connectivity index (χ3v) is 3.60. The quantitative estimate of drug-likeness (QED) is 0.504. The Labute approximate surface area is 122 Å². The highest BCUT2D eigenvalue weighted by Crippen LogP contribution is 2.20. The van der Waals surface area contributed by atoms with Crippen LogP contribution < -0.4 is 5.32 Å². The fraction of sp³-hybridized carbons (Fsp3) is 0.400. The molecule has 2 atom stereocenters. The smallest absolute Gasteiger partial charge is 0.276 e. The minimum atomic E-state index is -0.512. The summed E-state index contributed by atoms with van der Waals surface area (Å²) < 4.78 is 0. The fourth-order valence-electron chi connectivity index (χ4n) is 2.47. The number of benzene rings is 1. The van der Waals surface area contributed by atoms with Crippen molar-refractivity contribution in [2.75, 3.05) is 0 Å². The molecule has 1 aromatic rings. The van der Waals surface area contributed by atoms with Crippen molar-refractivity contribution in [2.24, 2.45) is 0 Å². The van der Waals surface area contributed by atoms with Crippen LogP contribution in [0.25, 0.3) is 6.08 Å². The average molecular weight is 290 g/mol. The van der Waals surface area contributed by atoms with Crippen molar-refractivity contribution >= 4 is 17.7 Å². The molecular formula is C15H18N2O4. The number of aliphatic hydroxyl groups excluding tert-OH is 1. The van der Waals surface area contributed by atoms with Crippen LogP contribution in [-0.2, 0) is 4.79 Å². The summed E-state index contributed by atoms with van der Waals surface area (Å²) in [6, 6.07) is 5.99. The topological polar surface area (TPSA) is 92.5 Å². The summed E-state index contributed by atoms with van der Waals surface area (Å²) in [7, 11) is 0. The van der Waals surface area contributed by atoms with Gasteiger partial charge >= 0.3 is 0 Å². The summed E-state index contributed by atoms with van der Waals surface area (Å²) in [5, 5.41) is 23.4. The number of nitro benzene ring substituents is 1. The van der Waals surface area contributed by atoms with Gasteiger partial charge in [-0.25, -0.2) is 0 Å². The maximum atomic E-state index is 11.8. The van der Waals surface area contributed by atoms with Crippen LogP contribution in [0.15, 0.2) is 30.3 Å².